The van der Waals surface area contributed by atoms with Crippen molar-refractivity contribution in [2.75, 3.05) is 13.2 Å². The molecule has 0 amide bonds. The van der Waals surface area contributed by atoms with Gasteiger partial charge in [-0.05, 0) is 41.5 Å². The molecule has 1 fully saturated rings. The van der Waals surface area contributed by atoms with Crippen LogP contribution in [0.1, 0.15) is 72.1 Å². The lowest BCUT2D eigenvalue weighted by Gasteiger charge is -2.36. The Bertz CT molecular complexity index is 1070. The van der Waals surface area contributed by atoms with Crippen molar-refractivity contribution < 1.29 is 28.1 Å². The lowest BCUT2D eigenvalue weighted by molar-refractivity contribution is -0.153. The van der Waals surface area contributed by atoms with Crippen molar-refractivity contribution >= 4 is 20.3 Å². The van der Waals surface area contributed by atoms with Gasteiger partial charge in [0, 0.05) is 36.7 Å². The Balaban J connectivity index is 2.25. The van der Waals surface area contributed by atoms with Crippen LogP contribution in [0.2, 0.25) is 0 Å². The Kier molecular flexibility index (Phi) is 12.1. The van der Waals surface area contributed by atoms with E-state index < -0.39 is 44.2 Å². The number of carbonyl (C=O) groups excluding carboxylic acids is 2. The smallest absolute Gasteiger partial charge is 0.330 e. The van der Waals surface area contributed by atoms with Crippen LogP contribution in [0.5, 0.6) is 0 Å². The highest BCUT2D eigenvalue weighted by Gasteiger charge is 2.41. The first-order valence-corrected chi connectivity index (χ1v) is 13.4. The first-order valence-electron chi connectivity index (χ1n) is 12.3. The van der Waals surface area contributed by atoms with Gasteiger partial charge in [-0.1, -0.05) is 0 Å². The minimum atomic E-state index is -1.57. The molecule has 0 saturated carbocycles. The van der Waals surface area contributed by atoms with Crippen LogP contribution in [-0.2, 0) is 28.1 Å². The maximum Gasteiger partial charge on any atom is 0.330 e. The van der Waals surface area contributed by atoms with Crippen LogP contribution < -0.4 is 11.2 Å². The Morgan fingerprint density at radius 3 is 2.51 bits per heavy atom. The zero-order chi connectivity index (χ0) is 27.7. The molecule has 13 heteroatoms. The molecule has 0 bridgehead atoms. The molecule has 0 aromatic carbocycles. The molecule has 0 radical (unpaired) electrons. The van der Waals surface area contributed by atoms with Crippen LogP contribution in [0, 0.1) is 18.3 Å². The molecule has 2 heterocycles. The molecule has 2 rings (SSSR count). The number of aromatic nitrogens is 2. The summed E-state index contributed by atoms with van der Waals surface area (Å²) in [5.41, 5.74) is -0.803. The Morgan fingerprint density at radius 1 is 1.24 bits per heavy atom. The van der Waals surface area contributed by atoms with Crippen LogP contribution in [0.4, 0.5) is 0 Å². The van der Waals surface area contributed by atoms with E-state index in [4.69, 9.17) is 23.8 Å². The highest BCUT2D eigenvalue weighted by molar-refractivity contribution is 7.44. The summed E-state index contributed by atoms with van der Waals surface area (Å²) in [5.74, 6) is -0.687. The van der Waals surface area contributed by atoms with E-state index >= 15 is 0 Å². The van der Waals surface area contributed by atoms with Crippen LogP contribution in [0.15, 0.2) is 15.8 Å². The lowest BCUT2D eigenvalue weighted by Crippen LogP contribution is -2.36. The van der Waals surface area contributed by atoms with Gasteiger partial charge < -0.3 is 23.3 Å². The normalized spacial score (nSPS) is 20.4. The van der Waals surface area contributed by atoms with Crippen molar-refractivity contribution in [3.8, 4) is 6.07 Å². The van der Waals surface area contributed by atoms with Gasteiger partial charge in [0.2, 0.25) is 0 Å². The fourth-order valence-corrected chi connectivity index (χ4v) is 5.52. The van der Waals surface area contributed by atoms with Crippen LogP contribution in [0.25, 0.3) is 0 Å². The highest BCUT2D eigenvalue weighted by atomic mass is 31.2. The van der Waals surface area contributed by atoms with E-state index in [1.807, 2.05) is 27.7 Å². The van der Waals surface area contributed by atoms with E-state index in [0.717, 1.165) is 0 Å². The maximum absolute atomic E-state index is 12.4. The van der Waals surface area contributed by atoms with Crippen LogP contribution in [-0.4, -0.2) is 63.5 Å². The number of aryl methyl sites for hydroxylation is 1. The first kappa shape index (κ1) is 30.8. The molecule has 1 aromatic rings. The zero-order valence-electron chi connectivity index (χ0n) is 22.3. The van der Waals surface area contributed by atoms with Gasteiger partial charge in [-0.25, -0.2) is 9.46 Å². The number of ether oxygens (including phenoxy) is 2. The molecule has 0 aliphatic carbocycles. The van der Waals surface area contributed by atoms with Gasteiger partial charge in [0.25, 0.3) is 14.1 Å². The summed E-state index contributed by atoms with van der Waals surface area (Å²) in [7, 11) is -1.57. The number of Topliss-reactive ketones (excluding diaryl/α,β-unsaturated/α-hetero) is 1. The van der Waals surface area contributed by atoms with E-state index in [9.17, 15) is 19.2 Å². The number of carbonyl (C=O) groups is 2. The van der Waals surface area contributed by atoms with Gasteiger partial charge in [-0.15, -0.1) is 0 Å². The van der Waals surface area contributed by atoms with Crippen molar-refractivity contribution in [1.82, 2.24) is 14.2 Å². The molecule has 4 unspecified atom stereocenters. The van der Waals surface area contributed by atoms with Crippen molar-refractivity contribution in [2.45, 2.75) is 97.7 Å². The maximum atomic E-state index is 12.4. The van der Waals surface area contributed by atoms with Crippen LogP contribution in [0.3, 0.4) is 0 Å². The van der Waals surface area contributed by atoms with E-state index in [1.54, 1.807) is 6.92 Å². The molecule has 1 aliphatic heterocycles. The number of H-pyrrole nitrogens is 1. The van der Waals surface area contributed by atoms with Crippen molar-refractivity contribution in [3.63, 3.8) is 0 Å². The lowest BCUT2D eigenvalue weighted by atomic mass is 10.1. The number of hydrogen-bond acceptors (Lipinski definition) is 10. The van der Waals surface area contributed by atoms with Gasteiger partial charge in [-0.2, -0.15) is 5.26 Å². The second-order valence-electron chi connectivity index (χ2n) is 9.42. The van der Waals surface area contributed by atoms with Crippen molar-refractivity contribution in [2.24, 2.45) is 0 Å². The third-order valence-corrected chi connectivity index (χ3v) is 7.69. The third-order valence-electron chi connectivity index (χ3n) is 5.61. The fourth-order valence-electron chi connectivity index (χ4n) is 3.90. The number of ketones is 1. The van der Waals surface area contributed by atoms with E-state index in [1.165, 1.54) is 17.7 Å². The molecule has 1 aliphatic rings. The molecule has 0 spiro atoms. The summed E-state index contributed by atoms with van der Waals surface area (Å²) in [6.45, 7) is 11.2. The quantitative estimate of drug-likeness (QED) is 0.212. The fraction of sp³-hybridized carbons (Fsp3) is 0.708. The minimum absolute atomic E-state index is 0.00750. The topological polar surface area (TPSA) is 153 Å². The largest absolute Gasteiger partial charge is 0.459 e. The Hall–Kier alpha value is -2.42. The predicted molar refractivity (Wildman–Crippen MR) is 136 cm³/mol. The number of nitriles is 1. The van der Waals surface area contributed by atoms with Gasteiger partial charge in [-0.3, -0.25) is 19.1 Å². The summed E-state index contributed by atoms with van der Waals surface area (Å²) in [4.78, 5) is 50.2. The van der Waals surface area contributed by atoms with E-state index in [0.29, 0.717) is 5.56 Å². The average molecular weight is 541 g/mol. The van der Waals surface area contributed by atoms with Gasteiger partial charge in [0.05, 0.1) is 32.1 Å². The summed E-state index contributed by atoms with van der Waals surface area (Å²) >= 11 is 0. The number of rotatable bonds is 14. The van der Waals surface area contributed by atoms with Gasteiger partial charge >= 0.3 is 11.7 Å². The van der Waals surface area contributed by atoms with E-state index in [-0.39, 0.29) is 56.8 Å². The average Bonchev–Trinajstić information content (AvgIpc) is 3.20. The number of esters is 1. The summed E-state index contributed by atoms with van der Waals surface area (Å²) in [5, 5.41) is 8.91. The van der Waals surface area contributed by atoms with E-state index in [2.05, 4.69) is 15.7 Å². The number of nitrogens with one attached hydrogen (secondary N) is 1. The third kappa shape index (κ3) is 9.13. The second kappa shape index (κ2) is 14.5. The molecule has 1 aromatic heterocycles. The summed E-state index contributed by atoms with van der Waals surface area (Å²) in [6, 6.07) is 2.23. The first-order chi connectivity index (χ1) is 17.4. The summed E-state index contributed by atoms with van der Waals surface area (Å²) < 4.78 is 27.1. The minimum Gasteiger partial charge on any atom is -0.459 e. The molecule has 37 heavy (non-hydrogen) atoms. The van der Waals surface area contributed by atoms with Crippen molar-refractivity contribution in [3.05, 3.63) is 32.6 Å². The van der Waals surface area contributed by atoms with Crippen LogP contribution >= 0.6 is 8.53 Å². The number of nitrogens with zero attached hydrogens (tertiary/aromatic N) is 3. The Morgan fingerprint density at radius 2 is 1.92 bits per heavy atom. The standard InChI is InChI=1S/C24H37N4O8P/c1-15(2)28(16(3)4)37(33-11-7-10-25)34-14-20-19(36-22(30)9-8-18(6)29)12-21(35-20)27-13-17(5)23(31)26-24(27)32/h13,15-16,19-21H,7-9,11-12,14H2,1-6H3,(H,26,31,32). The van der Waals surface area contributed by atoms with Gasteiger partial charge in [0.1, 0.15) is 24.2 Å². The molecule has 1 saturated heterocycles. The molecule has 206 valence electrons. The second-order valence-corrected chi connectivity index (χ2v) is 10.9. The molecule has 12 nitrogen and oxygen atoms in total. The highest BCUT2D eigenvalue weighted by Crippen LogP contribution is 2.47. The predicted octanol–water partition coefficient (Wildman–Crippen LogP) is 2.71. The molecule has 1 N–H and O–H groups in total. The SMILES string of the molecule is CC(=O)CCC(=O)OC1CC(n2cc(C)c(=O)[nH]c2=O)OC1COP(OCCC#N)N(C(C)C)C(C)C. The zero-order valence-corrected chi connectivity index (χ0v) is 23.2. The van der Waals surface area contributed by atoms with Crippen molar-refractivity contribution in [1.29, 1.82) is 5.26 Å². The van der Waals surface area contributed by atoms with Gasteiger partial charge in [0.15, 0.2) is 0 Å². The molecular weight excluding hydrogens is 503 g/mol. The summed E-state index contributed by atoms with van der Waals surface area (Å²) in [6.07, 6.45) is -0.552. The monoisotopic (exact) mass is 540 g/mol. The number of hydrogen-bond donors (Lipinski definition) is 1. The Labute approximate surface area is 217 Å². The molecule has 4 atom stereocenters. The molecular formula is C24H37N4O8P. The number of aromatic amines is 1.